The van der Waals surface area contributed by atoms with Gasteiger partial charge in [0.1, 0.15) is 17.1 Å². The molecular weight excluding hydrogens is 268 g/mol. The van der Waals surface area contributed by atoms with Crippen molar-refractivity contribution < 1.29 is 13.9 Å². The van der Waals surface area contributed by atoms with Crippen LogP contribution in [0.3, 0.4) is 0 Å². The molecule has 1 aliphatic rings. The lowest BCUT2D eigenvalue weighted by Crippen LogP contribution is -2.37. The van der Waals surface area contributed by atoms with Gasteiger partial charge in [0.2, 0.25) is 0 Å². The van der Waals surface area contributed by atoms with Crippen molar-refractivity contribution in [2.75, 3.05) is 0 Å². The summed E-state index contributed by atoms with van der Waals surface area (Å²) in [5.74, 6) is 1.88. The minimum atomic E-state index is -0.458. The maximum Gasteiger partial charge on any atom is 0.407 e. The molecule has 1 amide bonds. The highest BCUT2D eigenvalue weighted by molar-refractivity contribution is 5.68. The first-order chi connectivity index (χ1) is 9.65. The molecule has 1 aliphatic carbocycles. The van der Waals surface area contributed by atoms with Crippen molar-refractivity contribution in [1.29, 1.82) is 0 Å². The van der Waals surface area contributed by atoms with Gasteiger partial charge in [-0.2, -0.15) is 0 Å². The number of alkyl carbamates (subject to hydrolysis) is 1. The zero-order valence-corrected chi connectivity index (χ0v) is 13.7. The van der Waals surface area contributed by atoms with E-state index in [0.29, 0.717) is 6.04 Å². The Labute approximate surface area is 126 Å². The summed E-state index contributed by atoms with van der Waals surface area (Å²) < 4.78 is 10.8. The largest absolute Gasteiger partial charge is 0.466 e. The molecule has 1 fully saturated rings. The average molecular weight is 294 g/mol. The van der Waals surface area contributed by atoms with Crippen LogP contribution in [-0.2, 0) is 4.74 Å². The molecule has 0 aromatic carbocycles. The zero-order chi connectivity index (χ0) is 15.8. The van der Waals surface area contributed by atoms with E-state index in [-0.39, 0.29) is 18.2 Å². The molecular formula is C16H26N2O3. The molecule has 0 radical (unpaired) electrons. The van der Waals surface area contributed by atoms with Crippen molar-refractivity contribution in [3.63, 3.8) is 0 Å². The fourth-order valence-corrected chi connectivity index (χ4v) is 2.49. The van der Waals surface area contributed by atoms with Gasteiger partial charge in [-0.3, -0.25) is 0 Å². The van der Waals surface area contributed by atoms with Gasteiger partial charge >= 0.3 is 6.09 Å². The topological polar surface area (TPSA) is 63.5 Å². The Kier molecular flexibility index (Phi) is 4.33. The molecule has 1 saturated carbocycles. The molecule has 1 heterocycles. The Morgan fingerprint density at radius 2 is 2.05 bits per heavy atom. The summed E-state index contributed by atoms with van der Waals surface area (Å²) in [5, 5.41) is 6.40. The van der Waals surface area contributed by atoms with Gasteiger partial charge in [-0.1, -0.05) is 0 Å². The maximum atomic E-state index is 11.7. The average Bonchev–Trinajstić information content (AvgIpc) is 2.90. The third kappa shape index (κ3) is 4.49. The van der Waals surface area contributed by atoms with Gasteiger partial charge in [-0.05, 0) is 54.0 Å². The van der Waals surface area contributed by atoms with Crippen molar-refractivity contribution in [3.8, 4) is 0 Å². The summed E-state index contributed by atoms with van der Waals surface area (Å²) in [4.78, 5) is 11.7. The lowest BCUT2D eigenvalue weighted by atomic mass is 10.1. The second kappa shape index (κ2) is 5.72. The lowest BCUT2D eigenvalue weighted by molar-refractivity contribution is 0.0522. The predicted molar refractivity (Wildman–Crippen MR) is 81.3 cm³/mol. The van der Waals surface area contributed by atoms with Crippen molar-refractivity contribution >= 4 is 6.09 Å². The first kappa shape index (κ1) is 15.9. The van der Waals surface area contributed by atoms with Crippen LogP contribution in [0.1, 0.15) is 57.2 Å². The van der Waals surface area contributed by atoms with E-state index in [4.69, 9.17) is 9.15 Å². The molecule has 5 nitrogen and oxygen atoms in total. The number of furan rings is 1. The number of carbonyl (C=O) groups excluding carboxylic acids is 1. The first-order valence-corrected chi connectivity index (χ1v) is 7.48. The number of hydrogen-bond acceptors (Lipinski definition) is 4. The lowest BCUT2D eigenvalue weighted by Gasteiger charge is -2.20. The van der Waals surface area contributed by atoms with Crippen molar-refractivity contribution in [2.45, 2.75) is 71.7 Å². The molecule has 1 aromatic heterocycles. The van der Waals surface area contributed by atoms with Crippen LogP contribution in [0, 0.1) is 13.8 Å². The van der Waals surface area contributed by atoms with Gasteiger partial charge in [0.05, 0.1) is 0 Å². The Balaban J connectivity index is 1.79. The Morgan fingerprint density at radius 3 is 2.57 bits per heavy atom. The number of amides is 1. The molecule has 2 N–H and O–H groups in total. The van der Waals surface area contributed by atoms with E-state index in [9.17, 15) is 4.79 Å². The van der Waals surface area contributed by atoms with Crippen LogP contribution < -0.4 is 10.6 Å². The van der Waals surface area contributed by atoms with Gasteiger partial charge < -0.3 is 19.8 Å². The van der Waals surface area contributed by atoms with Crippen molar-refractivity contribution in [3.05, 3.63) is 23.2 Å². The summed E-state index contributed by atoms with van der Waals surface area (Å²) in [6, 6.07) is 2.71. The monoisotopic (exact) mass is 294 g/mol. The quantitative estimate of drug-likeness (QED) is 0.895. The van der Waals surface area contributed by atoms with Gasteiger partial charge in [-0.25, -0.2) is 4.79 Å². The SMILES string of the molecule is Cc1cc(C(C)NC2CC2NC(=O)OC(C)(C)C)c(C)o1. The number of nitrogens with one attached hydrogen (secondary N) is 2. The number of ether oxygens (including phenoxy) is 1. The molecule has 0 saturated heterocycles. The smallest absolute Gasteiger partial charge is 0.407 e. The van der Waals surface area contributed by atoms with Crippen LogP contribution in [0.15, 0.2) is 10.5 Å². The van der Waals surface area contributed by atoms with Crippen LogP contribution in [-0.4, -0.2) is 23.8 Å². The fraction of sp³-hybridized carbons (Fsp3) is 0.688. The van der Waals surface area contributed by atoms with E-state index in [1.54, 1.807) is 0 Å². The second-order valence-corrected chi connectivity index (χ2v) is 6.85. The van der Waals surface area contributed by atoms with E-state index in [1.165, 1.54) is 5.56 Å². The number of rotatable bonds is 4. The molecule has 0 spiro atoms. The highest BCUT2D eigenvalue weighted by Crippen LogP contribution is 2.28. The molecule has 0 bridgehead atoms. The third-order valence-electron chi connectivity index (χ3n) is 3.50. The van der Waals surface area contributed by atoms with Crippen LogP contribution in [0.25, 0.3) is 0 Å². The molecule has 118 valence electrons. The third-order valence-corrected chi connectivity index (χ3v) is 3.50. The molecule has 3 unspecified atom stereocenters. The molecule has 0 aliphatic heterocycles. The first-order valence-electron chi connectivity index (χ1n) is 7.48. The van der Waals surface area contributed by atoms with E-state index in [0.717, 1.165) is 17.9 Å². The number of hydrogen-bond donors (Lipinski definition) is 2. The van der Waals surface area contributed by atoms with E-state index < -0.39 is 5.60 Å². The molecule has 2 rings (SSSR count). The van der Waals surface area contributed by atoms with Gasteiger partial charge in [0.15, 0.2) is 0 Å². The molecule has 21 heavy (non-hydrogen) atoms. The summed E-state index contributed by atoms with van der Waals surface area (Å²) in [6.07, 6.45) is 0.583. The van der Waals surface area contributed by atoms with E-state index in [2.05, 4.69) is 23.6 Å². The van der Waals surface area contributed by atoms with E-state index in [1.807, 2.05) is 34.6 Å². The Hall–Kier alpha value is -1.49. The van der Waals surface area contributed by atoms with Crippen LogP contribution in [0.2, 0.25) is 0 Å². The number of carbonyl (C=O) groups is 1. The highest BCUT2D eigenvalue weighted by atomic mass is 16.6. The Bertz CT molecular complexity index is 516. The minimum Gasteiger partial charge on any atom is -0.466 e. The summed E-state index contributed by atoms with van der Waals surface area (Å²) >= 11 is 0. The van der Waals surface area contributed by atoms with E-state index >= 15 is 0 Å². The fourth-order valence-electron chi connectivity index (χ4n) is 2.49. The van der Waals surface area contributed by atoms with Crippen molar-refractivity contribution in [2.24, 2.45) is 0 Å². The van der Waals surface area contributed by atoms with Crippen LogP contribution in [0.5, 0.6) is 0 Å². The molecule has 1 aromatic rings. The summed E-state index contributed by atoms with van der Waals surface area (Å²) in [5.41, 5.74) is 0.719. The minimum absolute atomic E-state index is 0.149. The van der Waals surface area contributed by atoms with Gasteiger partial charge in [0.25, 0.3) is 0 Å². The summed E-state index contributed by atoms with van der Waals surface area (Å²) in [7, 11) is 0. The van der Waals surface area contributed by atoms with Crippen molar-refractivity contribution in [1.82, 2.24) is 10.6 Å². The van der Waals surface area contributed by atoms with Crippen LogP contribution in [0.4, 0.5) is 4.79 Å². The highest BCUT2D eigenvalue weighted by Gasteiger charge is 2.40. The van der Waals surface area contributed by atoms with Gasteiger partial charge in [-0.15, -0.1) is 0 Å². The number of aryl methyl sites for hydroxylation is 2. The van der Waals surface area contributed by atoms with Crippen LogP contribution >= 0.6 is 0 Å². The molecule has 3 atom stereocenters. The summed E-state index contributed by atoms with van der Waals surface area (Å²) in [6.45, 7) is 11.6. The Morgan fingerprint density at radius 1 is 1.38 bits per heavy atom. The second-order valence-electron chi connectivity index (χ2n) is 6.85. The standard InChI is InChI=1S/C16H26N2O3/c1-9-7-12(11(3)20-9)10(2)17-13-8-14(13)18-15(19)21-16(4,5)6/h7,10,13-14,17H,8H2,1-6H3,(H,18,19). The van der Waals surface area contributed by atoms with Gasteiger partial charge in [0, 0.05) is 23.7 Å². The predicted octanol–water partition coefficient (Wildman–Crippen LogP) is 3.21. The molecule has 5 heteroatoms. The normalized spacial score (nSPS) is 22.8. The maximum absolute atomic E-state index is 11.7. The zero-order valence-electron chi connectivity index (χ0n) is 13.7.